The molecular formula is C17H22BrN3. The second kappa shape index (κ2) is 6.65. The van der Waals surface area contributed by atoms with E-state index in [1.54, 1.807) is 0 Å². The van der Waals surface area contributed by atoms with Crippen LogP contribution in [0.25, 0.3) is 0 Å². The van der Waals surface area contributed by atoms with Crippen LogP contribution in [0.4, 0.5) is 5.69 Å². The van der Waals surface area contributed by atoms with E-state index < -0.39 is 0 Å². The molecule has 112 valence electrons. The first-order chi connectivity index (χ1) is 10.2. The summed E-state index contributed by atoms with van der Waals surface area (Å²) >= 11 is 3.60. The number of hydrogen-bond acceptors (Lipinski definition) is 2. The fraction of sp³-hybridized carbons (Fsp3) is 0.471. The quantitative estimate of drug-likeness (QED) is 0.836. The van der Waals surface area contributed by atoms with Crippen molar-refractivity contribution in [1.82, 2.24) is 9.78 Å². The van der Waals surface area contributed by atoms with Crippen LogP contribution in [-0.2, 0) is 6.54 Å². The maximum Gasteiger partial charge on any atom is 0.0815 e. The molecule has 1 N–H and O–H groups in total. The molecule has 0 radical (unpaired) electrons. The molecule has 1 aliphatic carbocycles. The van der Waals surface area contributed by atoms with Crippen LogP contribution in [0, 0.1) is 6.92 Å². The van der Waals surface area contributed by atoms with Crippen molar-refractivity contribution >= 4 is 21.6 Å². The molecule has 0 aliphatic heterocycles. The van der Waals surface area contributed by atoms with Gasteiger partial charge in [0.2, 0.25) is 0 Å². The number of aryl methyl sites for hydroxylation is 1. The standard InChI is InChI=1S/C17H22BrN3/c1-13-7-8-17(16(18)11-13)19-12-14-9-10-21(20-14)15-5-3-2-4-6-15/h7-11,15,19H,2-6,12H2,1H3. The van der Waals surface area contributed by atoms with Crippen LogP contribution in [-0.4, -0.2) is 9.78 Å². The first kappa shape index (κ1) is 14.6. The molecule has 3 nitrogen and oxygen atoms in total. The van der Waals surface area contributed by atoms with Gasteiger partial charge in [0, 0.05) is 16.4 Å². The summed E-state index contributed by atoms with van der Waals surface area (Å²) in [6.45, 7) is 2.86. The molecule has 21 heavy (non-hydrogen) atoms. The highest BCUT2D eigenvalue weighted by Gasteiger charge is 2.15. The lowest BCUT2D eigenvalue weighted by Gasteiger charge is -2.21. The monoisotopic (exact) mass is 347 g/mol. The minimum Gasteiger partial charge on any atom is -0.378 e. The van der Waals surface area contributed by atoms with Crippen LogP contribution < -0.4 is 5.32 Å². The molecule has 1 aromatic heterocycles. The second-order valence-corrected chi connectivity index (χ2v) is 6.77. The molecule has 0 unspecified atom stereocenters. The van der Waals surface area contributed by atoms with E-state index in [2.05, 4.69) is 63.3 Å². The number of anilines is 1. The summed E-state index contributed by atoms with van der Waals surface area (Å²) in [7, 11) is 0. The van der Waals surface area contributed by atoms with Crippen molar-refractivity contribution in [2.24, 2.45) is 0 Å². The van der Waals surface area contributed by atoms with E-state index in [1.807, 2.05) is 0 Å². The van der Waals surface area contributed by atoms with Crippen molar-refractivity contribution in [1.29, 1.82) is 0 Å². The normalized spacial score (nSPS) is 16.1. The van der Waals surface area contributed by atoms with E-state index in [4.69, 9.17) is 5.10 Å². The largest absolute Gasteiger partial charge is 0.378 e. The number of rotatable bonds is 4. The highest BCUT2D eigenvalue weighted by atomic mass is 79.9. The molecule has 0 saturated heterocycles. The average Bonchev–Trinajstić information content (AvgIpc) is 2.96. The molecule has 1 fully saturated rings. The van der Waals surface area contributed by atoms with E-state index in [1.165, 1.54) is 37.7 Å². The first-order valence-electron chi connectivity index (χ1n) is 7.76. The Balaban J connectivity index is 1.61. The topological polar surface area (TPSA) is 29.9 Å². The Morgan fingerprint density at radius 2 is 2.05 bits per heavy atom. The molecule has 1 saturated carbocycles. The lowest BCUT2D eigenvalue weighted by atomic mass is 9.96. The van der Waals surface area contributed by atoms with Crippen molar-refractivity contribution in [3.05, 3.63) is 46.2 Å². The van der Waals surface area contributed by atoms with Crippen LogP contribution >= 0.6 is 15.9 Å². The molecule has 0 spiro atoms. The fourth-order valence-electron chi connectivity index (χ4n) is 2.97. The molecule has 1 heterocycles. The van der Waals surface area contributed by atoms with Gasteiger partial charge in [0.1, 0.15) is 0 Å². The summed E-state index contributed by atoms with van der Waals surface area (Å²) in [5.41, 5.74) is 3.48. The van der Waals surface area contributed by atoms with Gasteiger partial charge in [-0.25, -0.2) is 0 Å². The average molecular weight is 348 g/mol. The van der Waals surface area contributed by atoms with Gasteiger partial charge in [-0.1, -0.05) is 25.3 Å². The van der Waals surface area contributed by atoms with E-state index in [9.17, 15) is 0 Å². The number of halogens is 1. The molecule has 2 aromatic rings. The van der Waals surface area contributed by atoms with Crippen LogP contribution in [0.1, 0.15) is 49.4 Å². The number of hydrogen-bond donors (Lipinski definition) is 1. The Labute approximate surface area is 134 Å². The first-order valence-corrected chi connectivity index (χ1v) is 8.56. The Morgan fingerprint density at radius 1 is 1.24 bits per heavy atom. The Hall–Kier alpha value is -1.29. The van der Waals surface area contributed by atoms with Crippen molar-refractivity contribution in [3.8, 4) is 0 Å². The van der Waals surface area contributed by atoms with Gasteiger partial charge in [-0.05, 0) is 59.5 Å². The molecule has 1 aromatic carbocycles. The summed E-state index contributed by atoms with van der Waals surface area (Å²) in [6, 6.07) is 9.09. The number of benzene rings is 1. The van der Waals surface area contributed by atoms with Gasteiger partial charge in [-0.3, -0.25) is 4.68 Å². The predicted octanol–water partition coefficient (Wildman–Crippen LogP) is 5.07. The maximum absolute atomic E-state index is 4.74. The zero-order valence-electron chi connectivity index (χ0n) is 12.5. The third kappa shape index (κ3) is 3.67. The van der Waals surface area contributed by atoms with Crippen LogP contribution in [0.3, 0.4) is 0 Å². The van der Waals surface area contributed by atoms with Gasteiger partial charge in [-0.15, -0.1) is 0 Å². The van der Waals surface area contributed by atoms with E-state index >= 15 is 0 Å². The number of nitrogens with one attached hydrogen (secondary N) is 1. The van der Waals surface area contributed by atoms with Crippen molar-refractivity contribution < 1.29 is 0 Å². The van der Waals surface area contributed by atoms with E-state index in [-0.39, 0.29) is 0 Å². The summed E-state index contributed by atoms with van der Waals surface area (Å²) in [6.07, 6.45) is 8.75. The minimum absolute atomic E-state index is 0.610. The fourth-order valence-corrected chi connectivity index (χ4v) is 3.60. The smallest absolute Gasteiger partial charge is 0.0815 e. The third-order valence-corrected chi connectivity index (χ3v) is 4.85. The van der Waals surface area contributed by atoms with Crippen LogP contribution in [0.2, 0.25) is 0 Å². The van der Waals surface area contributed by atoms with Gasteiger partial charge in [0.05, 0.1) is 18.3 Å². The SMILES string of the molecule is Cc1ccc(NCc2ccn(C3CCCCC3)n2)c(Br)c1. The predicted molar refractivity (Wildman–Crippen MR) is 90.6 cm³/mol. The number of nitrogens with zero attached hydrogens (tertiary/aromatic N) is 2. The number of aromatic nitrogens is 2. The van der Waals surface area contributed by atoms with Crippen molar-refractivity contribution in [2.75, 3.05) is 5.32 Å². The van der Waals surface area contributed by atoms with Gasteiger partial charge in [-0.2, -0.15) is 5.10 Å². The van der Waals surface area contributed by atoms with E-state index in [0.29, 0.717) is 6.04 Å². The summed E-state index contributed by atoms with van der Waals surface area (Å²) < 4.78 is 3.27. The van der Waals surface area contributed by atoms with Crippen LogP contribution in [0.5, 0.6) is 0 Å². The van der Waals surface area contributed by atoms with Crippen molar-refractivity contribution in [3.63, 3.8) is 0 Å². The summed E-state index contributed by atoms with van der Waals surface area (Å²) in [5.74, 6) is 0. The van der Waals surface area contributed by atoms with Crippen molar-refractivity contribution in [2.45, 2.75) is 51.6 Å². The van der Waals surface area contributed by atoms with Crippen LogP contribution in [0.15, 0.2) is 34.9 Å². The Kier molecular flexibility index (Phi) is 4.63. The molecule has 1 aliphatic rings. The molecule has 0 amide bonds. The van der Waals surface area contributed by atoms with Gasteiger partial charge in [0.15, 0.2) is 0 Å². The molecule has 0 bridgehead atoms. The van der Waals surface area contributed by atoms with Gasteiger partial charge >= 0.3 is 0 Å². The minimum atomic E-state index is 0.610. The molecular weight excluding hydrogens is 326 g/mol. The maximum atomic E-state index is 4.74. The molecule has 3 rings (SSSR count). The second-order valence-electron chi connectivity index (χ2n) is 5.92. The highest BCUT2D eigenvalue weighted by Crippen LogP contribution is 2.28. The van der Waals surface area contributed by atoms with Gasteiger partial charge < -0.3 is 5.32 Å². The zero-order chi connectivity index (χ0) is 14.7. The lowest BCUT2D eigenvalue weighted by Crippen LogP contribution is -2.13. The molecule has 4 heteroatoms. The highest BCUT2D eigenvalue weighted by molar-refractivity contribution is 9.10. The lowest BCUT2D eigenvalue weighted by molar-refractivity contribution is 0.328. The Morgan fingerprint density at radius 3 is 2.81 bits per heavy atom. The third-order valence-electron chi connectivity index (χ3n) is 4.20. The summed E-state index contributed by atoms with van der Waals surface area (Å²) in [5, 5.41) is 8.19. The zero-order valence-corrected chi connectivity index (χ0v) is 14.1. The van der Waals surface area contributed by atoms with E-state index in [0.717, 1.165) is 22.4 Å². The molecule has 0 atom stereocenters. The Bertz CT molecular complexity index is 600. The van der Waals surface area contributed by atoms with Gasteiger partial charge in [0.25, 0.3) is 0 Å². The summed E-state index contributed by atoms with van der Waals surface area (Å²) in [4.78, 5) is 0.